The van der Waals surface area contributed by atoms with Crippen LogP contribution in [0.1, 0.15) is 19.3 Å². The molecule has 2 heterocycles. The van der Waals surface area contributed by atoms with Crippen molar-refractivity contribution in [2.24, 2.45) is 0 Å². The van der Waals surface area contributed by atoms with Crippen molar-refractivity contribution in [3.8, 4) is 0 Å². The van der Waals surface area contributed by atoms with E-state index in [1.165, 1.54) is 0 Å². The van der Waals surface area contributed by atoms with E-state index in [-0.39, 0.29) is 0 Å². The van der Waals surface area contributed by atoms with Crippen LogP contribution in [0.15, 0.2) is 0 Å². The first kappa shape index (κ1) is 38.5. The second kappa shape index (κ2) is 14.4. The first-order valence-corrected chi connectivity index (χ1v) is 37.1. The largest absolute Gasteiger partial charge is 0.416 e. The molecule has 0 radical (unpaired) electrons. The summed E-state index contributed by atoms with van der Waals surface area (Å²) >= 11 is 0. The van der Waals surface area contributed by atoms with Crippen LogP contribution < -0.4 is 0 Å². The fourth-order valence-electron chi connectivity index (χ4n) is 6.28. The van der Waals surface area contributed by atoms with Gasteiger partial charge in [-0.15, -0.1) is 0 Å². The standard InChI is InChI=1S/C23H60O10Si8/c1-34(2)26-36(5,6)30-40(13,31-37(7,8)27-34)22-16-20-24-18-15-19-25-21-17-23-41(14)32-38(9,10)28-35(3,4)29-39(11,12)33-41/h15-23H2,1-14H3. The SMILES string of the molecule is C[Si]1(C)O[Si](C)(C)O[Si](C)(CCCOCCCOCCC[Si]2(C)O[Si](C)(C)O[Si](C)(C)O[Si](C)(C)O2)O[Si](C)(C)O1. The Morgan fingerprint density at radius 2 is 0.537 bits per heavy atom. The van der Waals surface area contributed by atoms with Crippen LogP contribution in [0.25, 0.3) is 0 Å². The monoisotopic (exact) mass is 720 g/mol. The zero-order chi connectivity index (χ0) is 31.4. The Balaban J connectivity index is 1.66. The first-order valence-electron chi connectivity index (χ1n) is 15.1. The van der Waals surface area contributed by atoms with Gasteiger partial charge >= 0.3 is 68.5 Å². The van der Waals surface area contributed by atoms with Gasteiger partial charge in [0, 0.05) is 26.4 Å². The molecule has 0 saturated carbocycles. The van der Waals surface area contributed by atoms with E-state index in [4.69, 9.17) is 42.4 Å². The van der Waals surface area contributed by atoms with E-state index in [9.17, 15) is 0 Å². The Hall–Kier alpha value is 1.34. The lowest BCUT2D eigenvalue weighted by Gasteiger charge is -2.47. The molecule has 2 aliphatic rings. The van der Waals surface area contributed by atoms with Crippen LogP contribution in [0.5, 0.6) is 0 Å². The van der Waals surface area contributed by atoms with Crippen LogP contribution in [-0.2, 0) is 42.4 Å². The van der Waals surface area contributed by atoms with Crippen molar-refractivity contribution in [1.82, 2.24) is 0 Å². The molecule has 10 nitrogen and oxygen atoms in total. The Morgan fingerprint density at radius 3 is 0.805 bits per heavy atom. The minimum absolute atomic E-state index is 0.680. The molecular weight excluding hydrogens is 661 g/mol. The molecule has 41 heavy (non-hydrogen) atoms. The van der Waals surface area contributed by atoms with Gasteiger partial charge in [0.15, 0.2) is 0 Å². The lowest BCUT2D eigenvalue weighted by atomic mass is 10.4. The van der Waals surface area contributed by atoms with E-state index in [0.29, 0.717) is 26.4 Å². The van der Waals surface area contributed by atoms with Gasteiger partial charge in [-0.1, -0.05) is 0 Å². The summed E-state index contributed by atoms with van der Waals surface area (Å²) in [6.45, 7) is 32.2. The van der Waals surface area contributed by atoms with Crippen molar-refractivity contribution in [3.05, 3.63) is 0 Å². The van der Waals surface area contributed by atoms with E-state index in [2.05, 4.69) is 91.7 Å². The lowest BCUT2D eigenvalue weighted by Crippen LogP contribution is -2.65. The van der Waals surface area contributed by atoms with Gasteiger partial charge in [0.2, 0.25) is 0 Å². The molecule has 0 amide bonds. The molecule has 2 rings (SSSR count). The van der Waals surface area contributed by atoms with Crippen LogP contribution in [-0.4, -0.2) is 94.9 Å². The van der Waals surface area contributed by atoms with Crippen LogP contribution in [0.3, 0.4) is 0 Å². The van der Waals surface area contributed by atoms with Crippen molar-refractivity contribution >= 4 is 68.5 Å². The van der Waals surface area contributed by atoms with Crippen LogP contribution >= 0.6 is 0 Å². The highest BCUT2D eigenvalue weighted by Crippen LogP contribution is 2.34. The minimum Gasteiger partial charge on any atom is -0.416 e. The summed E-state index contributed by atoms with van der Waals surface area (Å²) in [5, 5.41) is 0. The summed E-state index contributed by atoms with van der Waals surface area (Å²) in [7, 11) is -18.7. The molecule has 0 spiro atoms. The van der Waals surface area contributed by atoms with Gasteiger partial charge in [0.1, 0.15) is 0 Å². The molecule has 0 N–H and O–H groups in total. The summed E-state index contributed by atoms with van der Waals surface area (Å²) < 4.78 is 64.1. The maximum atomic E-state index is 6.64. The summed E-state index contributed by atoms with van der Waals surface area (Å²) in [6.07, 6.45) is 2.66. The van der Waals surface area contributed by atoms with Crippen molar-refractivity contribution < 1.29 is 42.4 Å². The predicted octanol–water partition coefficient (Wildman–Crippen LogP) is 6.70. The molecule has 2 aliphatic heterocycles. The molecule has 0 aromatic heterocycles. The molecule has 0 aromatic rings. The lowest BCUT2D eigenvalue weighted by molar-refractivity contribution is 0.0818. The molecule has 0 aliphatic carbocycles. The number of ether oxygens (including phenoxy) is 2. The number of rotatable bonds is 12. The minimum atomic E-state index is -2.43. The summed E-state index contributed by atoms with van der Waals surface area (Å²) in [5.74, 6) is 0. The molecule has 0 aromatic carbocycles. The normalized spacial score (nSPS) is 27.7. The van der Waals surface area contributed by atoms with Crippen LogP contribution in [0, 0.1) is 0 Å². The highest BCUT2D eigenvalue weighted by atomic mass is 28.5. The molecule has 0 atom stereocenters. The summed E-state index contributed by atoms with van der Waals surface area (Å²) in [5.41, 5.74) is 0. The van der Waals surface area contributed by atoms with Crippen LogP contribution in [0.4, 0.5) is 0 Å². The molecule has 2 saturated heterocycles. The number of hydrogen-bond acceptors (Lipinski definition) is 10. The zero-order valence-corrected chi connectivity index (χ0v) is 36.4. The second-order valence-corrected chi connectivity index (χ2v) is 43.1. The van der Waals surface area contributed by atoms with E-state index >= 15 is 0 Å². The smallest absolute Gasteiger partial charge is 0.317 e. The van der Waals surface area contributed by atoms with E-state index < -0.39 is 68.5 Å². The number of hydrogen-bond donors (Lipinski definition) is 0. The Labute approximate surface area is 259 Å². The fourth-order valence-corrected chi connectivity index (χ4v) is 49.4. The van der Waals surface area contributed by atoms with Crippen molar-refractivity contribution in [1.29, 1.82) is 0 Å². The third-order valence-corrected chi connectivity index (χ3v) is 39.3. The van der Waals surface area contributed by atoms with Crippen molar-refractivity contribution in [2.75, 3.05) is 26.4 Å². The van der Waals surface area contributed by atoms with E-state index in [1.807, 2.05) is 0 Å². The van der Waals surface area contributed by atoms with Gasteiger partial charge in [0.05, 0.1) is 0 Å². The first-order chi connectivity index (χ1) is 18.4. The second-order valence-electron chi connectivity index (χ2n) is 14.3. The van der Waals surface area contributed by atoms with E-state index in [0.717, 1.165) is 31.4 Å². The molecule has 0 bridgehead atoms. The van der Waals surface area contributed by atoms with Crippen LogP contribution in [0.2, 0.25) is 104 Å². The maximum absolute atomic E-state index is 6.64. The van der Waals surface area contributed by atoms with Gasteiger partial charge in [-0.25, -0.2) is 0 Å². The van der Waals surface area contributed by atoms with Gasteiger partial charge in [0.25, 0.3) is 0 Å². The van der Waals surface area contributed by atoms with Gasteiger partial charge in [-0.3, -0.25) is 0 Å². The predicted molar refractivity (Wildman–Crippen MR) is 182 cm³/mol. The quantitative estimate of drug-likeness (QED) is 0.160. The Morgan fingerprint density at radius 1 is 0.317 bits per heavy atom. The van der Waals surface area contributed by atoms with Gasteiger partial charge in [-0.2, -0.15) is 0 Å². The highest BCUT2D eigenvalue weighted by molar-refractivity contribution is 6.94. The summed E-state index contributed by atoms with van der Waals surface area (Å²) in [4.78, 5) is 0. The maximum Gasteiger partial charge on any atom is 0.317 e. The molecule has 18 heteroatoms. The average Bonchev–Trinajstić information content (AvgIpc) is 2.64. The Kier molecular flexibility index (Phi) is 13.5. The summed E-state index contributed by atoms with van der Waals surface area (Å²) in [6, 6.07) is 1.74. The van der Waals surface area contributed by atoms with E-state index in [1.54, 1.807) is 0 Å². The molecular formula is C23H60O10Si8. The van der Waals surface area contributed by atoms with Crippen molar-refractivity contribution in [2.45, 2.75) is 123 Å². The molecule has 2 fully saturated rings. The zero-order valence-electron chi connectivity index (χ0n) is 28.4. The van der Waals surface area contributed by atoms with Gasteiger partial charge in [-0.05, 0) is 123 Å². The fraction of sp³-hybridized carbons (Fsp3) is 1.00. The highest BCUT2D eigenvalue weighted by Gasteiger charge is 2.53. The third kappa shape index (κ3) is 15.0. The molecule has 0 unspecified atom stereocenters. The van der Waals surface area contributed by atoms with Gasteiger partial charge < -0.3 is 42.4 Å². The van der Waals surface area contributed by atoms with Crippen molar-refractivity contribution in [3.63, 3.8) is 0 Å². The molecule has 244 valence electrons. The topological polar surface area (TPSA) is 92.3 Å². The average molecular weight is 721 g/mol. The third-order valence-electron chi connectivity index (χ3n) is 6.23. The Bertz CT molecular complexity index is 733.